The lowest BCUT2D eigenvalue weighted by Crippen LogP contribution is -2.59. The lowest BCUT2D eigenvalue weighted by atomic mass is 9.87. The van der Waals surface area contributed by atoms with Gasteiger partial charge in [0.2, 0.25) is 0 Å². The van der Waals surface area contributed by atoms with E-state index in [-0.39, 0.29) is 29.1 Å². The van der Waals surface area contributed by atoms with Crippen molar-refractivity contribution in [3.63, 3.8) is 0 Å². The van der Waals surface area contributed by atoms with Gasteiger partial charge in [0.1, 0.15) is 6.07 Å². The van der Waals surface area contributed by atoms with Gasteiger partial charge < -0.3 is 11.2 Å². The third kappa shape index (κ3) is 4.28. The molecule has 1 unspecified atom stereocenters. The van der Waals surface area contributed by atoms with E-state index in [2.05, 4.69) is 11.0 Å². The summed E-state index contributed by atoms with van der Waals surface area (Å²) in [4.78, 5) is 0. The second kappa shape index (κ2) is 8.58. The molecule has 0 spiro atoms. The van der Waals surface area contributed by atoms with Crippen LogP contribution in [0.15, 0.2) is 36.5 Å². The Morgan fingerprint density at radius 1 is 0.886 bits per heavy atom. The zero-order valence-electron chi connectivity index (χ0n) is 16.6. The maximum absolute atomic E-state index is 14.8. The number of nitrogens with two attached hydrogens (primary N) is 1. The molecule has 4 N–H and O–H groups in total. The summed E-state index contributed by atoms with van der Waals surface area (Å²) < 4.78 is 120. The number of halogens is 11. The van der Waals surface area contributed by atoms with Crippen molar-refractivity contribution in [1.29, 1.82) is 5.26 Å². The van der Waals surface area contributed by atoms with Crippen molar-refractivity contribution >= 4 is 40.3 Å². The van der Waals surface area contributed by atoms with Crippen LogP contribution in [0.5, 0.6) is 0 Å². The number of hydrogen-bond donors (Lipinski definition) is 3. The van der Waals surface area contributed by atoms with E-state index in [4.69, 9.17) is 34.2 Å². The number of hydrazine groups is 2. The van der Waals surface area contributed by atoms with Crippen LogP contribution in [0.2, 0.25) is 10.0 Å². The van der Waals surface area contributed by atoms with E-state index < -0.39 is 45.2 Å². The Balaban J connectivity index is 2.08. The molecule has 0 aliphatic carbocycles. The topological polar surface area (TPSA) is 77.1 Å². The first-order chi connectivity index (χ1) is 16.0. The SMILES string of the molecule is N#Cc1ccc(C2=CN(c3c(Cl)cc(C(F)(C(F)(F)F)C(F)(F)C(F)(F)F)cc3Cl)NN2)cc1N. The Labute approximate surface area is 200 Å². The van der Waals surface area contributed by atoms with E-state index in [0.29, 0.717) is 5.56 Å². The van der Waals surface area contributed by atoms with E-state index in [1.807, 2.05) is 6.07 Å². The molecule has 2 aromatic carbocycles. The zero-order valence-corrected chi connectivity index (χ0v) is 18.1. The summed E-state index contributed by atoms with van der Waals surface area (Å²) in [6.07, 6.45) is -12.4. The van der Waals surface area contributed by atoms with Crippen molar-refractivity contribution in [2.75, 3.05) is 10.7 Å². The maximum atomic E-state index is 14.8. The molecule has 0 amide bonds. The van der Waals surface area contributed by atoms with Crippen molar-refractivity contribution in [2.24, 2.45) is 0 Å². The van der Waals surface area contributed by atoms with E-state index in [1.165, 1.54) is 24.4 Å². The zero-order chi connectivity index (χ0) is 26.6. The van der Waals surface area contributed by atoms with Crippen LogP contribution in [-0.4, -0.2) is 18.3 Å². The van der Waals surface area contributed by atoms with Crippen LogP contribution in [-0.2, 0) is 5.67 Å². The van der Waals surface area contributed by atoms with E-state index in [9.17, 15) is 39.5 Å². The molecule has 1 heterocycles. The summed E-state index contributed by atoms with van der Waals surface area (Å²) in [6.45, 7) is 0. The van der Waals surface area contributed by atoms with Crippen LogP contribution in [0, 0.1) is 11.3 Å². The number of benzene rings is 2. The fourth-order valence-corrected chi connectivity index (χ4v) is 3.80. The van der Waals surface area contributed by atoms with Gasteiger partial charge in [-0.05, 0) is 24.3 Å². The van der Waals surface area contributed by atoms with Crippen LogP contribution in [0.4, 0.5) is 50.9 Å². The quantitative estimate of drug-likeness (QED) is 0.312. The molecule has 0 saturated heterocycles. The summed E-state index contributed by atoms with van der Waals surface area (Å²) in [5.41, 5.74) is 3.02. The molecule has 2 aromatic rings. The van der Waals surface area contributed by atoms with Crippen LogP contribution in [0.3, 0.4) is 0 Å². The van der Waals surface area contributed by atoms with Crippen molar-refractivity contribution in [1.82, 2.24) is 11.0 Å². The summed E-state index contributed by atoms with van der Waals surface area (Å²) in [6, 6.07) is 6.07. The Morgan fingerprint density at radius 3 is 1.91 bits per heavy atom. The number of nitrogens with one attached hydrogen (secondary N) is 2. The molecule has 0 radical (unpaired) electrons. The minimum Gasteiger partial charge on any atom is -0.398 e. The Bertz CT molecular complexity index is 1210. The van der Waals surface area contributed by atoms with Crippen LogP contribution in [0.25, 0.3) is 5.70 Å². The van der Waals surface area contributed by atoms with Gasteiger partial charge >= 0.3 is 23.9 Å². The second-order valence-electron chi connectivity index (χ2n) is 7.08. The Hall–Kier alpha value is -3.02. The van der Waals surface area contributed by atoms with Gasteiger partial charge in [-0.2, -0.15) is 40.4 Å². The highest BCUT2D eigenvalue weighted by atomic mass is 35.5. The average Bonchev–Trinajstić information content (AvgIpc) is 3.20. The van der Waals surface area contributed by atoms with Crippen molar-refractivity contribution in [2.45, 2.75) is 23.9 Å². The lowest BCUT2D eigenvalue weighted by Gasteiger charge is -2.36. The smallest absolute Gasteiger partial charge is 0.398 e. The third-order valence-electron chi connectivity index (χ3n) is 4.89. The van der Waals surface area contributed by atoms with Gasteiger partial charge in [0.25, 0.3) is 0 Å². The highest BCUT2D eigenvalue weighted by molar-refractivity contribution is 6.39. The number of anilines is 2. The molecule has 1 atom stereocenters. The fraction of sp³-hybridized carbons (Fsp3) is 0.211. The standard InChI is InChI=1S/C19H10Cl2F9N5/c20-11-4-10(16(22,18(25,26)27)17(23,24)19(28,29)30)5-12(21)15(11)35-7-14(33-34-35)8-1-2-9(6-31)13(32)3-8/h1-5,7,33-34H,32H2. The molecule has 3 rings (SSSR count). The number of nitrogens with zero attached hydrogens (tertiary/aromatic N) is 2. The molecular weight excluding hydrogens is 540 g/mol. The number of nitrogen functional groups attached to an aromatic ring is 1. The second-order valence-corrected chi connectivity index (χ2v) is 7.89. The van der Waals surface area contributed by atoms with E-state index >= 15 is 0 Å². The van der Waals surface area contributed by atoms with Crippen LogP contribution < -0.4 is 21.7 Å². The van der Waals surface area contributed by atoms with Crippen LogP contribution in [0.1, 0.15) is 16.7 Å². The van der Waals surface area contributed by atoms with Gasteiger partial charge in [-0.1, -0.05) is 29.3 Å². The van der Waals surface area contributed by atoms with Gasteiger partial charge in [0.15, 0.2) is 0 Å². The molecular formula is C19H10Cl2F9N5. The first kappa shape index (κ1) is 26.6. The van der Waals surface area contributed by atoms with Gasteiger partial charge in [-0.3, -0.25) is 5.01 Å². The molecule has 0 fully saturated rings. The number of alkyl halides is 9. The average molecular weight is 550 g/mol. The number of rotatable bonds is 4. The minimum atomic E-state index is -6.89. The first-order valence-corrected chi connectivity index (χ1v) is 9.73. The maximum Gasteiger partial charge on any atom is 0.457 e. The van der Waals surface area contributed by atoms with Gasteiger partial charge in [-0.25, -0.2) is 4.39 Å². The predicted octanol–water partition coefficient (Wildman–Crippen LogP) is 6.20. The molecule has 1 aliphatic heterocycles. The van der Waals surface area contributed by atoms with Crippen molar-refractivity contribution in [3.05, 3.63) is 63.3 Å². The van der Waals surface area contributed by atoms with Gasteiger partial charge in [0.05, 0.1) is 32.7 Å². The highest BCUT2D eigenvalue weighted by Gasteiger charge is 2.81. The minimum absolute atomic E-state index is 0.0247. The third-order valence-corrected chi connectivity index (χ3v) is 5.46. The number of hydrogen-bond acceptors (Lipinski definition) is 5. The van der Waals surface area contributed by atoms with Gasteiger partial charge in [0, 0.05) is 17.3 Å². The summed E-state index contributed by atoms with van der Waals surface area (Å²) in [7, 11) is 0. The summed E-state index contributed by atoms with van der Waals surface area (Å²) in [5.74, 6) is -6.87. The predicted molar refractivity (Wildman–Crippen MR) is 109 cm³/mol. The number of nitriles is 1. The monoisotopic (exact) mass is 549 g/mol. The van der Waals surface area contributed by atoms with E-state index in [0.717, 1.165) is 5.01 Å². The summed E-state index contributed by atoms with van der Waals surface area (Å²) >= 11 is 11.7. The fourth-order valence-electron chi connectivity index (χ4n) is 3.13. The normalized spacial score (nSPS) is 16.4. The molecule has 35 heavy (non-hydrogen) atoms. The van der Waals surface area contributed by atoms with Crippen molar-refractivity contribution in [3.8, 4) is 6.07 Å². The lowest BCUT2D eigenvalue weighted by molar-refractivity contribution is -0.389. The molecule has 188 valence electrons. The summed E-state index contributed by atoms with van der Waals surface area (Å²) in [5, 5.41) is 8.11. The van der Waals surface area contributed by atoms with E-state index in [1.54, 1.807) is 0 Å². The largest absolute Gasteiger partial charge is 0.457 e. The Morgan fingerprint density at radius 2 is 1.46 bits per heavy atom. The van der Waals surface area contributed by atoms with Crippen LogP contribution >= 0.6 is 23.2 Å². The molecule has 0 aromatic heterocycles. The molecule has 16 heteroatoms. The first-order valence-electron chi connectivity index (χ1n) is 8.98. The molecule has 5 nitrogen and oxygen atoms in total. The van der Waals surface area contributed by atoms with Crippen molar-refractivity contribution < 1.29 is 39.5 Å². The van der Waals surface area contributed by atoms with Gasteiger partial charge in [-0.15, -0.1) is 5.53 Å². The Kier molecular flexibility index (Phi) is 6.51. The molecule has 0 saturated carbocycles. The highest BCUT2D eigenvalue weighted by Crippen LogP contribution is 2.59. The molecule has 0 bridgehead atoms. The molecule has 1 aliphatic rings.